The van der Waals surface area contributed by atoms with Gasteiger partial charge < -0.3 is 19.8 Å². The third kappa shape index (κ3) is 3.63. The third-order valence-electron chi connectivity index (χ3n) is 3.68. The molecule has 0 spiro atoms. The van der Waals surface area contributed by atoms with E-state index in [1.807, 2.05) is 42.5 Å². The molecule has 23 heavy (non-hydrogen) atoms. The van der Waals surface area contributed by atoms with Gasteiger partial charge in [-0.1, -0.05) is 12.1 Å². The lowest BCUT2D eigenvalue weighted by atomic mass is 10.3. The summed E-state index contributed by atoms with van der Waals surface area (Å²) in [4.78, 5) is 4.63. The minimum Gasteiger partial charge on any atom is -0.494 e. The van der Waals surface area contributed by atoms with E-state index in [0.717, 1.165) is 41.3 Å². The highest BCUT2D eigenvalue weighted by molar-refractivity contribution is 5.75. The maximum absolute atomic E-state index is 5.75. The van der Waals surface area contributed by atoms with Crippen molar-refractivity contribution in [3.63, 3.8) is 0 Å². The Morgan fingerprint density at radius 1 is 1.09 bits per heavy atom. The van der Waals surface area contributed by atoms with E-state index in [9.17, 15) is 0 Å². The average Bonchev–Trinajstić information content (AvgIpc) is 2.91. The second-order valence-electron chi connectivity index (χ2n) is 5.37. The average molecular weight is 311 g/mol. The molecule has 5 heteroatoms. The van der Waals surface area contributed by atoms with Gasteiger partial charge in [0.1, 0.15) is 18.2 Å². The molecule has 0 radical (unpaired) electrons. The SMILES string of the molecule is COCc1nc2ccccc2n1CCCOc1ccc(N)cc1. The molecule has 0 bridgehead atoms. The van der Waals surface area contributed by atoms with Crippen LogP contribution in [0.15, 0.2) is 48.5 Å². The molecule has 2 N–H and O–H groups in total. The molecule has 0 atom stereocenters. The van der Waals surface area contributed by atoms with Gasteiger partial charge in [-0.05, 0) is 42.8 Å². The van der Waals surface area contributed by atoms with Crippen LogP contribution < -0.4 is 10.5 Å². The lowest BCUT2D eigenvalue weighted by Crippen LogP contribution is -2.08. The summed E-state index contributed by atoms with van der Waals surface area (Å²) in [6.07, 6.45) is 0.890. The maximum Gasteiger partial charge on any atom is 0.135 e. The fourth-order valence-corrected chi connectivity index (χ4v) is 2.59. The number of nitrogens with two attached hydrogens (primary N) is 1. The quantitative estimate of drug-likeness (QED) is 0.537. The lowest BCUT2D eigenvalue weighted by molar-refractivity contribution is 0.174. The number of hydrogen-bond acceptors (Lipinski definition) is 4. The summed E-state index contributed by atoms with van der Waals surface area (Å²) in [7, 11) is 1.69. The summed E-state index contributed by atoms with van der Waals surface area (Å²) < 4.78 is 13.2. The molecule has 120 valence electrons. The largest absolute Gasteiger partial charge is 0.494 e. The molecular weight excluding hydrogens is 290 g/mol. The zero-order valence-corrected chi connectivity index (χ0v) is 13.2. The zero-order chi connectivity index (χ0) is 16.1. The number of rotatable bonds is 7. The number of para-hydroxylation sites is 2. The first kappa shape index (κ1) is 15.4. The van der Waals surface area contributed by atoms with Gasteiger partial charge in [-0.2, -0.15) is 0 Å². The zero-order valence-electron chi connectivity index (χ0n) is 13.2. The number of fused-ring (bicyclic) bond motifs is 1. The van der Waals surface area contributed by atoms with E-state index >= 15 is 0 Å². The molecule has 1 heterocycles. The summed E-state index contributed by atoms with van der Waals surface area (Å²) in [6.45, 7) is 1.99. The molecule has 0 fully saturated rings. The summed E-state index contributed by atoms with van der Waals surface area (Å²) in [6, 6.07) is 15.6. The summed E-state index contributed by atoms with van der Waals surface area (Å²) in [5.41, 5.74) is 8.54. The molecule has 0 unspecified atom stereocenters. The minimum absolute atomic E-state index is 0.507. The van der Waals surface area contributed by atoms with E-state index in [2.05, 4.69) is 15.6 Å². The molecule has 0 aliphatic carbocycles. The van der Waals surface area contributed by atoms with E-state index in [4.69, 9.17) is 15.2 Å². The molecule has 0 aliphatic heterocycles. The van der Waals surface area contributed by atoms with Crippen molar-refractivity contribution in [3.05, 3.63) is 54.4 Å². The van der Waals surface area contributed by atoms with Crippen molar-refractivity contribution in [3.8, 4) is 5.75 Å². The first-order valence-corrected chi connectivity index (χ1v) is 7.69. The van der Waals surface area contributed by atoms with Crippen LogP contribution in [-0.4, -0.2) is 23.3 Å². The normalized spacial score (nSPS) is 11.0. The Morgan fingerprint density at radius 3 is 2.65 bits per heavy atom. The number of ether oxygens (including phenoxy) is 2. The van der Waals surface area contributed by atoms with Crippen molar-refractivity contribution in [2.45, 2.75) is 19.6 Å². The van der Waals surface area contributed by atoms with Gasteiger partial charge >= 0.3 is 0 Å². The van der Waals surface area contributed by atoms with Crippen molar-refractivity contribution in [2.24, 2.45) is 0 Å². The first-order chi connectivity index (χ1) is 11.3. The smallest absolute Gasteiger partial charge is 0.135 e. The second-order valence-corrected chi connectivity index (χ2v) is 5.37. The Morgan fingerprint density at radius 2 is 1.87 bits per heavy atom. The molecule has 0 saturated heterocycles. The monoisotopic (exact) mass is 311 g/mol. The van der Waals surface area contributed by atoms with E-state index < -0.39 is 0 Å². The number of nitrogens with zero attached hydrogens (tertiary/aromatic N) is 2. The van der Waals surface area contributed by atoms with Crippen LogP contribution in [0.3, 0.4) is 0 Å². The number of methoxy groups -OCH3 is 1. The van der Waals surface area contributed by atoms with Crippen molar-refractivity contribution in [2.75, 3.05) is 19.5 Å². The molecule has 3 aromatic rings. The Bertz CT molecular complexity index is 766. The molecule has 0 amide bonds. The highest BCUT2D eigenvalue weighted by Crippen LogP contribution is 2.18. The van der Waals surface area contributed by atoms with Crippen LogP contribution in [0, 0.1) is 0 Å². The Kier molecular flexibility index (Phi) is 4.78. The van der Waals surface area contributed by atoms with Crippen LogP contribution >= 0.6 is 0 Å². The van der Waals surface area contributed by atoms with Crippen molar-refractivity contribution in [1.29, 1.82) is 0 Å². The molecule has 0 aliphatic rings. The topological polar surface area (TPSA) is 62.3 Å². The number of nitrogen functional groups attached to an aromatic ring is 1. The second kappa shape index (κ2) is 7.15. The van der Waals surface area contributed by atoms with Crippen molar-refractivity contribution < 1.29 is 9.47 Å². The lowest BCUT2D eigenvalue weighted by Gasteiger charge is -2.10. The predicted molar refractivity (Wildman–Crippen MR) is 91.4 cm³/mol. The molecule has 1 aromatic heterocycles. The molecular formula is C18H21N3O2. The number of imidazole rings is 1. The maximum atomic E-state index is 5.75. The Balaban J connectivity index is 1.64. The van der Waals surface area contributed by atoms with Crippen LogP contribution in [0.1, 0.15) is 12.2 Å². The van der Waals surface area contributed by atoms with Gasteiger partial charge in [-0.3, -0.25) is 0 Å². The number of benzene rings is 2. The molecule has 2 aromatic carbocycles. The number of anilines is 1. The summed E-state index contributed by atoms with van der Waals surface area (Å²) in [5.74, 6) is 1.79. The minimum atomic E-state index is 0.507. The third-order valence-corrected chi connectivity index (χ3v) is 3.68. The van der Waals surface area contributed by atoms with E-state index in [1.54, 1.807) is 7.11 Å². The Hall–Kier alpha value is -2.53. The van der Waals surface area contributed by atoms with Crippen molar-refractivity contribution >= 4 is 16.7 Å². The summed E-state index contributed by atoms with van der Waals surface area (Å²) in [5, 5.41) is 0. The fourth-order valence-electron chi connectivity index (χ4n) is 2.59. The van der Waals surface area contributed by atoms with E-state index in [-0.39, 0.29) is 0 Å². The van der Waals surface area contributed by atoms with Gasteiger partial charge in [-0.25, -0.2) is 4.98 Å². The highest BCUT2D eigenvalue weighted by Gasteiger charge is 2.09. The van der Waals surface area contributed by atoms with E-state index in [1.165, 1.54) is 0 Å². The fraction of sp³-hybridized carbons (Fsp3) is 0.278. The number of aryl methyl sites for hydroxylation is 1. The number of hydrogen-bond donors (Lipinski definition) is 1. The van der Waals surface area contributed by atoms with Gasteiger partial charge in [0, 0.05) is 19.3 Å². The highest BCUT2D eigenvalue weighted by atomic mass is 16.5. The first-order valence-electron chi connectivity index (χ1n) is 7.69. The van der Waals surface area contributed by atoms with Crippen LogP contribution in [0.5, 0.6) is 5.75 Å². The van der Waals surface area contributed by atoms with Gasteiger partial charge in [-0.15, -0.1) is 0 Å². The summed E-state index contributed by atoms with van der Waals surface area (Å²) >= 11 is 0. The molecule has 5 nitrogen and oxygen atoms in total. The van der Waals surface area contributed by atoms with Crippen LogP contribution in [0.2, 0.25) is 0 Å². The van der Waals surface area contributed by atoms with Crippen LogP contribution in [-0.2, 0) is 17.9 Å². The van der Waals surface area contributed by atoms with Crippen LogP contribution in [0.4, 0.5) is 5.69 Å². The van der Waals surface area contributed by atoms with Crippen LogP contribution in [0.25, 0.3) is 11.0 Å². The van der Waals surface area contributed by atoms with Crippen molar-refractivity contribution in [1.82, 2.24) is 9.55 Å². The van der Waals surface area contributed by atoms with Gasteiger partial charge in [0.05, 0.1) is 17.6 Å². The molecule has 0 saturated carbocycles. The Labute approximate surface area is 135 Å². The predicted octanol–water partition coefficient (Wildman–Crippen LogP) is 3.23. The van der Waals surface area contributed by atoms with E-state index in [0.29, 0.717) is 13.2 Å². The van der Waals surface area contributed by atoms with Gasteiger partial charge in [0.2, 0.25) is 0 Å². The van der Waals surface area contributed by atoms with Gasteiger partial charge in [0.25, 0.3) is 0 Å². The van der Waals surface area contributed by atoms with Gasteiger partial charge in [0.15, 0.2) is 0 Å². The number of aromatic nitrogens is 2. The molecule has 3 rings (SSSR count). The standard InChI is InChI=1S/C18H21N3O2/c1-22-13-18-20-16-5-2-3-6-17(16)21(18)11-4-12-23-15-9-7-14(19)8-10-15/h2-3,5-10H,4,11-13,19H2,1H3.